The molecule has 4 nitrogen and oxygen atoms in total. The summed E-state index contributed by atoms with van der Waals surface area (Å²) < 4.78 is 23.1. The standard InChI is InChI=1S/C11H16N2O2S/c1-16(14,15)11-5-3-2-4-10(11)13-9-6-7-12-8-9/h2-5,9,12-13H,6-8H2,1H3. The van der Waals surface area contributed by atoms with E-state index in [1.165, 1.54) is 6.26 Å². The van der Waals surface area contributed by atoms with Crippen LogP contribution >= 0.6 is 0 Å². The normalized spacial score (nSPS) is 20.9. The van der Waals surface area contributed by atoms with E-state index in [1.54, 1.807) is 12.1 Å². The van der Waals surface area contributed by atoms with Crippen molar-refractivity contribution in [2.24, 2.45) is 0 Å². The largest absolute Gasteiger partial charge is 0.380 e. The molecule has 1 aliphatic heterocycles. The molecule has 0 radical (unpaired) electrons. The second-order valence-electron chi connectivity index (χ2n) is 4.10. The predicted octanol–water partition coefficient (Wildman–Crippen LogP) is 0.864. The second-order valence-corrected chi connectivity index (χ2v) is 6.09. The lowest BCUT2D eigenvalue weighted by molar-refractivity contribution is 0.602. The van der Waals surface area contributed by atoms with Gasteiger partial charge in [-0.25, -0.2) is 8.42 Å². The van der Waals surface area contributed by atoms with Crippen molar-refractivity contribution in [1.82, 2.24) is 5.32 Å². The number of hydrogen-bond donors (Lipinski definition) is 2. The van der Waals surface area contributed by atoms with E-state index in [0.717, 1.165) is 19.5 Å². The van der Waals surface area contributed by atoms with Crippen molar-refractivity contribution in [3.05, 3.63) is 24.3 Å². The Morgan fingerprint density at radius 2 is 2.12 bits per heavy atom. The molecule has 2 N–H and O–H groups in total. The summed E-state index contributed by atoms with van der Waals surface area (Å²) in [5.74, 6) is 0. The van der Waals surface area contributed by atoms with E-state index in [2.05, 4.69) is 10.6 Å². The zero-order valence-corrected chi connectivity index (χ0v) is 10.0. The van der Waals surface area contributed by atoms with Crippen LogP contribution < -0.4 is 10.6 Å². The first-order valence-corrected chi connectivity index (χ1v) is 7.23. The molecule has 1 unspecified atom stereocenters. The number of benzene rings is 1. The molecule has 1 heterocycles. The maximum Gasteiger partial charge on any atom is 0.177 e. The first kappa shape index (κ1) is 11.4. The maximum atomic E-state index is 11.6. The molecule has 0 amide bonds. The minimum absolute atomic E-state index is 0.322. The van der Waals surface area contributed by atoms with Gasteiger partial charge in [0.05, 0.1) is 10.6 Å². The molecule has 0 aromatic heterocycles. The Kier molecular flexibility index (Phi) is 3.16. The first-order valence-electron chi connectivity index (χ1n) is 5.34. The molecule has 88 valence electrons. The van der Waals surface area contributed by atoms with Crippen molar-refractivity contribution in [2.45, 2.75) is 17.4 Å². The molecule has 0 bridgehead atoms. The molecule has 0 aliphatic carbocycles. The lowest BCUT2D eigenvalue weighted by Gasteiger charge is -2.15. The summed E-state index contributed by atoms with van der Waals surface area (Å²) >= 11 is 0. The zero-order valence-electron chi connectivity index (χ0n) is 9.23. The van der Waals surface area contributed by atoms with Crippen molar-refractivity contribution in [3.8, 4) is 0 Å². The molecular formula is C11H16N2O2S. The number of anilines is 1. The van der Waals surface area contributed by atoms with Gasteiger partial charge in [-0.15, -0.1) is 0 Å². The monoisotopic (exact) mass is 240 g/mol. The second kappa shape index (κ2) is 4.43. The summed E-state index contributed by atoms with van der Waals surface area (Å²) in [6.07, 6.45) is 2.26. The quantitative estimate of drug-likeness (QED) is 0.823. The Morgan fingerprint density at radius 3 is 2.75 bits per heavy atom. The highest BCUT2D eigenvalue weighted by Crippen LogP contribution is 2.22. The van der Waals surface area contributed by atoms with E-state index < -0.39 is 9.84 Å². The lowest BCUT2D eigenvalue weighted by atomic mass is 10.2. The van der Waals surface area contributed by atoms with Crippen LogP contribution in [0.4, 0.5) is 5.69 Å². The zero-order chi connectivity index (χ0) is 11.6. The topological polar surface area (TPSA) is 58.2 Å². The van der Waals surface area contributed by atoms with Crippen molar-refractivity contribution >= 4 is 15.5 Å². The molecular weight excluding hydrogens is 224 g/mol. The number of nitrogens with one attached hydrogen (secondary N) is 2. The predicted molar refractivity (Wildman–Crippen MR) is 64.4 cm³/mol. The number of hydrogen-bond acceptors (Lipinski definition) is 4. The number of sulfone groups is 1. The number of rotatable bonds is 3. The fourth-order valence-corrected chi connectivity index (χ4v) is 2.76. The van der Waals surface area contributed by atoms with Crippen molar-refractivity contribution < 1.29 is 8.42 Å². The fraction of sp³-hybridized carbons (Fsp3) is 0.455. The molecule has 1 aromatic rings. The van der Waals surface area contributed by atoms with E-state index in [-0.39, 0.29) is 0 Å². The Bertz CT molecular complexity index is 465. The molecule has 1 fully saturated rings. The highest BCUT2D eigenvalue weighted by Gasteiger charge is 2.18. The molecule has 1 saturated heterocycles. The minimum Gasteiger partial charge on any atom is -0.380 e. The average Bonchev–Trinajstić information content (AvgIpc) is 2.70. The Hall–Kier alpha value is -1.07. The highest BCUT2D eigenvalue weighted by atomic mass is 32.2. The molecule has 5 heteroatoms. The third kappa shape index (κ3) is 2.54. The van der Waals surface area contributed by atoms with Crippen molar-refractivity contribution in [1.29, 1.82) is 0 Å². The van der Waals surface area contributed by atoms with Crippen LogP contribution in [0.25, 0.3) is 0 Å². The van der Waals surface area contributed by atoms with Crippen LogP contribution in [0.2, 0.25) is 0 Å². The van der Waals surface area contributed by atoms with Crippen LogP contribution in [0.3, 0.4) is 0 Å². The van der Waals surface area contributed by atoms with Gasteiger partial charge in [0.1, 0.15) is 0 Å². The maximum absolute atomic E-state index is 11.6. The Morgan fingerprint density at radius 1 is 1.38 bits per heavy atom. The van der Waals surface area contributed by atoms with Gasteiger partial charge in [0.2, 0.25) is 0 Å². The van der Waals surface area contributed by atoms with Crippen LogP contribution in [0, 0.1) is 0 Å². The van der Waals surface area contributed by atoms with E-state index in [9.17, 15) is 8.42 Å². The van der Waals surface area contributed by atoms with E-state index in [0.29, 0.717) is 16.6 Å². The summed E-state index contributed by atoms with van der Waals surface area (Å²) in [5.41, 5.74) is 0.707. The van der Waals surface area contributed by atoms with Gasteiger partial charge in [0.25, 0.3) is 0 Å². The van der Waals surface area contributed by atoms with Crippen molar-refractivity contribution in [3.63, 3.8) is 0 Å². The van der Waals surface area contributed by atoms with Crippen LogP contribution in [0.1, 0.15) is 6.42 Å². The van der Waals surface area contributed by atoms with Gasteiger partial charge < -0.3 is 10.6 Å². The number of para-hydroxylation sites is 1. The smallest absolute Gasteiger partial charge is 0.177 e. The lowest BCUT2D eigenvalue weighted by Crippen LogP contribution is -2.23. The Balaban J connectivity index is 2.26. The van der Waals surface area contributed by atoms with Gasteiger partial charge in [-0.05, 0) is 25.1 Å². The third-order valence-corrected chi connectivity index (χ3v) is 3.86. The molecule has 16 heavy (non-hydrogen) atoms. The summed E-state index contributed by atoms with van der Waals surface area (Å²) in [6.45, 7) is 1.87. The van der Waals surface area contributed by atoms with E-state index >= 15 is 0 Å². The van der Waals surface area contributed by atoms with Crippen LogP contribution in [0.15, 0.2) is 29.2 Å². The van der Waals surface area contributed by atoms with E-state index in [1.807, 2.05) is 12.1 Å². The van der Waals surface area contributed by atoms with Crippen LogP contribution in [0.5, 0.6) is 0 Å². The molecule has 0 spiro atoms. The van der Waals surface area contributed by atoms with Gasteiger partial charge in [-0.2, -0.15) is 0 Å². The molecule has 0 saturated carbocycles. The summed E-state index contributed by atoms with van der Waals surface area (Å²) in [7, 11) is -3.16. The molecule has 1 atom stereocenters. The Labute approximate surface area is 96.0 Å². The first-order chi connectivity index (χ1) is 7.57. The van der Waals surface area contributed by atoms with Crippen LogP contribution in [-0.2, 0) is 9.84 Å². The fourth-order valence-electron chi connectivity index (χ4n) is 1.91. The van der Waals surface area contributed by atoms with Gasteiger partial charge in [0, 0.05) is 18.8 Å². The summed E-state index contributed by atoms with van der Waals surface area (Å²) in [6, 6.07) is 7.37. The van der Waals surface area contributed by atoms with Gasteiger partial charge >= 0.3 is 0 Å². The molecule has 1 aromatic carbocycles. The summed E-state index contributed by atoms with van der Waals surface area (Å²) in [5, 5.41) is 6.51. The molecule has 2 rings (SSSR count). The molecule has 1 aliphatic rings. The highest BCUT2D eigenvalue weighted by molar-refractivity contribution is 7.90. The van der Waals surface area contributed by atoms with Gasteiger partial charge in [0.15, 0.2) is 9.84 Å². The van der Waals surface area contributed by atoms with Crippen molar-refractivity contribution in [2.75, 3.05) is 24.7 Å². The average molecular weight is 240 g/mol. The van der Waals surface area contributed by atoms with E-state index in [4.69, 9.17) is 0 Å². The minimum atomic E-state index is -3.16. The SMILES string of the molecule is CS(=O)(=O)c1ccccc1NC1CCNC1. The van der Waals surface area contributed by atoms with Crippen LogP contribution in [-0.4, -0.2) is 33.8 Å². The summed E-state index contributed by atoms with van der Waals surface area (Å²) in [4.78, 5) is 0.377. The van der Waals surface area contributed by atoms with Gasteiger partial charge in [-0.1, -0.05) is 12.1 Å². The third-order valence-electron chi connectivity index (χ3n) is 2.71. The van der Waals surface area contributed by atoms with Gasteiger partial charge in [-0.3, -0.25) is 0 Å².